The van der Waals surface area contributed by atoms with Crippen molar-refractivity contribution in [2.24, 2.45) is 5.16 Å². The number of rotatable bonds is 7. The van der Waals surface area contributed by atoms with Gasteiger partial charge in [-0.25, -0.2) is 22.8 Å². The summed E-state index contributed by atoms with van der Waals surface area (Å²) >= 11 is 0. The van der Waals surface area contributed by atoms with Crippen molar-refractivity contribution < 1.29 is 31.9 Å². The molecule has 3 atom stereocenters. The lowest BCUT2D eigenvalue weighted by atomic mass is 10.0. The molecule has 35 heavy (non-hydrogen) atoms. The van der Waals surface area contributed by atoms with Crippen LogP contribution in [0.1, 0.15) is 39.6 Å². The third-order valence-electron chi connectivity index (χ3n) is 5.63. The number of ether oxygens (including phenoxy) is 2. The van der Waals surface area contributed by atoms with Gasteiger partial charge in [-0.1, -0.05) is 17.3 Å². The molecule has 1 saturated heterocycles. The van der Waals surface area contributed by atoms with Crippen LogP contribution >= 0.6 is 0 Å². The number of oxime groups is 1. The normalized spacial score (nSPS) is 22.4. The molecule has 1 fully saturated rings. The van der Waals surface area contributed by atoms with Crippen LogP contribution in [-0.4, -0.2) is 73.5 Å². The highest BCUT2D eigenvalue weighted by Crippen LogP contribution is 2.23. The van der Waals surface area contributed by atoms with Crippen LogP contribution in [0.5, 0.6) is 0 Å². The van der Waals surface area contributed by atoms with Gasteiger partial charge in [-0.2, -0.15) is 0 Å². The number of amides is 1. The van der Waals surface area contributed by atoms with Crippen LogP contribution in [0.3, 0.4) is 0 Å². The average Bonchev–Trinajstić information content (AvgIpc) is 3.29. The summed E-state index contributed by atoms with van der Waals surface area (Å²) in [5, 5.41) is 6.91. The van der Waals surface area contributed by atoms with Gasteiger partial charge in [0.2, 0.25) is 0 Å². The van der Waals surface area contributed by atoms with Crippen LogP contribution < -0.4 is 5.32 Å². The monoisotopic (exact) mass is 506 g/mol. The Morgan fingerprint density at radius 3 is 2.63 bits per heavy atom. The zero-order chi connectivity index (χ0) is 25.2. The highest BCUT2D eigenvalue weighted by Gasteiger charge is 2.36. The van der Waals surface area contributed by atoms with E-state index in [0.717, 1.165) is 11.8 Å². The van der Waals surface area contributed by atoms with E-state index in [4.69, 9.17) is 14.3 Å². The van der Waals surface area contributed by atoms with Gasteiger partial charge in [0.05, 0.1) is 30.8 Å². The van der Waals surface area contributed by atoms with Crippen molar-refractivity contribution >= 4 is 21.5 Å². The van der Waals surface area contributed by atoms with E-state index in [1.165, 1.54) is 6.07 Å². The predicted molar refractivity (Wildman–Crippen MR) is 124 cm³/mol. The third-order valence-corrected chi connectivity index (χ3v) is 6.61. The van der Waals surface area contributed by atoms with E-state index in [-0.39, 0.29) is 37.0 Å². The maximum atomic E-state index is 13.5. The number of carbonyl (C=O) groups is 1. The van der Waals surface area contributed by atoms with Crippen LogP contribution in [-0.2, 0) is 30.7 Å². The highest BCUT2D eigenvalue weighted by molar-refractivity contribution is 7.90. The molecule has 0 spiro atoms. The summed E-state index contributed by atoms with van der Waals surface area (Å²) in [5.41, 5.74) is 2.47. The first-order valence-corrected chi connectivity index (χ1v) is 13.2. The van der Waals surface area contributed by atoms with E-state index in [2.05, 4.69) is 20.4 Å². The summed E-state index contributed by atoms with van der Waals surface area (Å²) in [6, 6.07) is 6.20. The van der Waals surface area contributed by atoms with E-state index in [1.54, 1.807) is 32.0 Å². The van der Waals surface area contributed by atoms with Crippen molar-refractivity contribution in [1.29, 1.82) is 0 Å². The largest absolute Gasteiger partial charge is 0.389 e. The number of aromatic nitrogens is 2. The Bertz CT molecular complexity index is 1240. The fraction of sp³-hybridized carbons (Fsp3) is 0.478. The molecule has 12 heteroatoms. The van der Waals surface area contributed by atoms with Gasteiger partial charge in [0.15, 0.2) is 6.10 Å². The standard InChI is InChI=1S/C23H27FN4O6S/c1-13-6-15(4-5-17(13)24)9-25-23(29)20-7-18(26-14(2)27-20)19-8-21(34-28-19)22-11-32-16(10-33-22)12-35(3,30)31/h4-7,16,21-22H,8-12H2,1-3H3,(H,25,29)/t16-,21?,22+/m0/s1. The molecule has 1 N–H and O–H groups in total. The second-order valence-electron chi connectivity index (χ2n) is 8.76. The molecular formula is C23H27FN4O6S. The fourth-order valence-corrected chi connectivity index (χ4v) is 4.74. The Balaban J connectivity index is 1.35. The van der Waals surface area contributed by atoms with Gasteiger partial charge < -0.3 is 19.6 Å². The summed E-state index contributed by atoms with van der Waals surface area (Å²) < 4.78 is 47.8. The average molecular weight is 507 g/mol. The zero-order valence-electron chi connectivity index (χ0n) is 19.7. The van der Waals surface area contributed by atoms with Crippen molar-refractivity contribution in [3.05, 3.63) is 58.4 Å². The lowest BCUT2D eigenvalue weighted by molar-refractivity contribution is -0.165. The van der Waals surface area contributed by atoms with Crippen LogP contribution in [0.25, 0.3) is 0 Å². The van der Waals surface area contributed by atoms with Gasteiger partial charge >= 0.3 is 0 Å². The molecule has 1 aromatic carbocycles. The Morgan fingerprint density at radius 2 is 1.94 bits per heavy atom. The van der Waals surface area contributed by atoms with E-state index in [9.17, 15) is 17.6 Å². The lowest BCUT2D eigenvalue weighted by Gasteiger charge is -2.31. The van der Waals surface area contributed by atoms with Crippen LogP contribution in [0, 0.1) is 19.7 Å². The summed E-state index contributed by atoms with van der Waals surface area (Å²) in [4.78, 5) is 26.9. The maximum absolute atomic E-state index is 13.5. The molecule has 1 amide bonds. The second kappa shape index (κ2) is 10.3. The molecule has 0 aliphatic carbocycles. The molecule has 2 aliphatic heterocycles. The minimum absolute atomic E-state index is 0.0984. The molecule has 0 saturated carbocycles. The maximum Gasteiger partial charge on any atom is 0.270 e. The van der Waals surface area contributed by atoms with Crippen molar-refractivity contribution in [2.45, 2.75) is 45.1 Å². The first-order chi connectivity index (χ1) is 16.6. The first kappa shape index (κ1) is 25.1. The van der Waals surface area contributed by atoms with E-state index < -0.39 is 34.1 Å². The van der Waals surface area contributed by atoms with Crippen LogP contribution in [0.4, 0.5) is 4.39 Å². The van der Waals surface area contributed by atoms with E-state index in [1.807, 2.05) is 0 Å². The molecular weight excluding hydrogens is 479 g/mol. The molecule has 3 heterocycles. The van der Waals surface area contributed by atoms with Crippen molar-refractivity contribution in [2.75, 3.05) is 25.2 Å². The molecule has 1 aromatic heterocycles. The van der Waals surface area contributed by atoms with E-state index >= 15 is 0 Å². The number of benzene rings is 1. The van der Waals surface area contributed by atoms with Gasteiger partial charge in [0.25, 0.3) is 5.91 Å². The van der Waals surface area contributed by atoms with Crippen molar-refractivity contribution in [1.82, 2.24) is 15.3 Å². The Labute approximate surface area is 202 Å². The number of aryl methyl sites for hydroxylation is 2. The Morgan fingerprint density at radius 1 is 1.14 bits per heavy atom. The topological polar surface area (TPSA) is 129 Å². The number of hydrogen-bond acceptors (Lipinski definition) is 9. The molecule has 0 radical (unpaired) electrons. The third kappa shape index (κ3) is 6.59. The lowest BCUT2D eigenvalue weighted by Crippen LogP contribution is -2.44. The summed E-state index contributed by atoms with van der Waals surface area (Å²) in [6.07, 6.45) is 0.213. The summed E-state index contributed by atoms with van der Waals surface area (Å²) in [6.45, 7) is 3.91. The fourth-order valence-electron chi connectivity index (χ4n) is 3.88. The molecule has 0 bridgehead atoms. The van der Waals surface area contributed by atoms with E-state index in [0.29, 0.717) is 29.2 Å². The van der Waals surface area contributed by atoms with Gasteiger partial charge in [-0.3, -0.25) is 4.79 Å². The number of nitrogens with zero attached hydrogens (tertiary/aromatic N) is 3. The molecule has 2 aromatic rings. The molecule has 10 nitrogen and oxygen atoms in total. The number of carbonyl (C=O) groups excluding carboxylic acids is 1. The minimum Gasteiger partial charge on any atom is -0.389 e. The quantitative estimate of drug-likeness (QED) is 0.598. The molecule has 1 unspecified atom stereocenters. The molecule has 2 aliphatic rings. The zero-order valence-corrected chi connectivity index (χ0v) is 20.5. The highest BCUT2D eigenvalue weighted by atomic mass is 32.2. The first-order valence-electron chi connectivity index (χ1n) is 11.1. The van der Waals surface area contributed by atoms with Crippen molar-refractivity contribution in [3.8, 4) is 0 Å². The summed E-state index contributed by atoms with van der Waals surface area (Å²) in [7, 11) is -3.16. The SMILES string of the molecule is Cc1nc(C(=O)NCc2ccc(F)c(C)c2)cc(C2=NOC([C@H]3CO[C@H](CS(C)(=O)=O)CO3)C2)n1. The van der Waals surface area contributed by atoms with Gasteiger partial charge in [0, 0.05) is 19.2 Å². The predicted octanol–water partition coefficient (Wildman–Crippen LogP) is 1.48. The minimum atomic E-state index is -3.16. The second-order valence-corrected chi connectivity index (χ2v) is 10.9. The van der Waals surface area contributed by atoms with Gasteiger partial charge in [0.1, 0.15) is 39.0 Å². The molecule has 4 rings (SSSR count). The number of halogens is 1. The Kier molecular flexibility index (Phi) is 7.43. The van der Waals surface area contributed by atoms with Crippen LogP contribution in [0.15, 0.2) is 29.4 Å². The Hall–Kier alpha value is -2.96. The number of nitrogens with one attached hydrogen (secondary N) is 1. The number of sulfone groups is 1. The van der Waals surface area contributed by atoms with Gasteiger partial charge in [-0.05, 0) is 37.1 Å². The van der Waals surface area contributed by atoms with Gasteiger partial charge in [-0.15, -0.1) is 0 Å². The molecule has 188 valence electrons. The smallest absolute Gasteiger partial charge is 0.270 e. The number of hydrogen-bond donors (Lipinski definition) is 1. The van der Waals surface area contributed by atoms with Crippen molar-refractivity contribution in [3.63, 3.8) is 0 Å². The summed E-state index contributed by atoms with van der Waals surface area (Å²) in [5.74, 6) is -0.389. The van der Waals surface area contributed by atoms with Crippen LogP contribution in [0.2, 0.25) is 0 Å².